The quantitative estimate of drug-likeness (QED) is 0.504. The molecule has 0 aliphatic carbocycles. The lowest BCUT2D eigenvalue weighted by molar-refractivity contribution is 1.03. The van der Waals surface area contributed by atoms with E-state index in [0.717, 1.165) is 12.0 Å². The molecule has 0 unspecified atom stereocenters. The van der Waals surface area contributed by atoms with E-state index in [2.05, 4.69) is 48.1 Å². The molecule has 22 heavy (non-hydrogen) atoms. The van der Waals surface area contributed by atoms with Crippen LogP contribution in [-0.4, -0.2) is 0 Å². The van der Waals surface area contributed by atoms with Crippen molar-refractivity contribution >= 4 is 0 Å². The Kier molecular flexibility index (Phi) is 5.61. The first-order valence-electron chi connectivity index (χ1n) is 7.27. The fraction of sp³-hybridized carbons (Fsp3) is 0.100. The van der Waals surface area contributed by atoms with Crippen molar-refractivity contribution in [3.05, 3.63) is 96.2 Å². The van der Waals surface area contributed by atoms with Gasteiger partial charge in [-0.2, -0.15) is 5.11 Å². The third kappa shape index (κ3) is 4.13. The van der Waals surface area contributed by atoms with Crippen molar-refractivity contribution < 1.29 is 0 Å². The molecule has 2 aromatic carbocycles. The highest BCUT2D eigenvalue weighted by Crippen LogP contribution is 2.22. The van der Waals surface area contributed by atoms with Crippen LogP contribution in [0.4, 0.5) is 0 Å². The van der Waals surface area contributed by atoms with Gasteiger partial charge in [0, 0.05) is 0 Å². The number of allylic oxidation sites excluding steroid dienone is 4. The first-order chi connectivity index (χ1) is 10.7. The average Bonchev–Trinajstić information content (AvgIpc) is 2.59. The highest BCUT2D eigenvalue weighted by Gasteiger charge is 2.04. The third-order valence-corrected chi connectivity index (χ3v) is 3.45. The van der Waals surface area contributed by atoms with E-state index in [4.69, 9.17) is 5.53 Å². The Morgan fingerprint density at radius 3 is 2.27 bits per heavy atom. The van der Waals surface area contributed by atoms with E-state index in [-0.39, 0.29) is 0 Å². The molecule has 0 amide bonds. The highest BCUT2D eigenvalue weighted by atomic mass is 15.0. The maximum atomic E-state index is 7.15. The van der Waals surface area contributed by atoms with Gasteiger partial charge in [0.1, 0.15) is 0 Å². The number of nitrogens with one attached hydrogen (secondary N) is 1. The van der Waals surface area contributed by atoms with Gasteiger partial charge in [-0.15, -0.1) is 0 Å². The molecule has 0 radical (unpaired) electrons. The van der Waals surface area contributed by atoms with E-state index < -0.39 is 0 Å². The summed E-state index contributed by atoms with van der Waals surface area (Å²) in [5.41, 5.74) is 12.2. The molecule has 0 fully saturated rings. The number of benzene rings is 2. The molecule has 2 rings (SSSR count). The lowest BCUT2D eigenvalue weighted by Gasteiger charge is -2.07. The Balaban J connectivity index is 2.19. The zero-order valence-corrected chi connectivity index (χ0v) is 12.8. The van der Waals surface area contributed by atoms with Crippen molar-refractivity contribution in [2.75, 3.05) is 0 Å². The standard InChI is InChI=1S/C20H20N2/c1-3-4-8-20(16(2)22-21)15-17-11-13-19(14-12-17)18-9-6-5-7-10-18/h3-14,21H,2,15H2,1H3/b4-3-,20-8-,22-21?. The van der Waals surface area contributed by atoms with E-state index in [1.165, 1.54) is 16.7 Å². The second kappa shape index (κ2) is 7.89. The first-order valence-corrected chi connectivity index (χ1v) is 7.27. The lowest BCUT2D eigenvalue weighted by Crippen LogP contribution is -1.92. The van der Waals surface area contributed by atoms with Crippen LogP contribution in [-0.2, 0) is 6.42 Å². The molecular formula is C20H20N2. The van der Waals surface area contributed by atoms with Crippen LogP contribution in [0.2, 0.25) is 0 Å². The van der Waals surface area contributed by atoms with Crippen LogP contribution in [0.5, 0.6) is 0 Å². The lowest BCUT2D eigenvalue weighted by atomic mass is 9.99. The van der Waals surface area contributed by atoms with Gasteiger partial charge in [0.2, 0.25) is 0 Å². The molecule has 0 aromatic heterocycles. The Morgan fingerprint density at radius 1 is 1.05 bits per heavy atom. The summed E-state index contributed by atoms with van der Waals surface area (Å²) < 4.78 is 0. The summed E-state index contributed by atoms with van der Waals surface area (Å²) in [7, 11) is 0. The molecule has 2 aromatic rings. The Morgan fingerprint density at radius 2 is 1.68 bits per heavy atom. The molecule has 1 N–H and O–H groups in total. The van der Waals surface area contributed by atoms with Gasteiger partial charge in [0.15, 0.2) is 0 Å². The molecule has 0 atom stereocenters. The van der Waals surface area contributed by atoms with Crippen LogP contribution < -0.4 is 0 Å². The van der Waals surface area contributed by atoms with Crippen molar-refractivity contribution in [3.8, 4) is 11.1 Å². The predicted molar refractivity (Wildman–Crippen MR) is 92.8 cm³/mol. The highest BCUT2D eigenvalue weighted by molar-refractivity contribution is 5.63. The fourth-order valence-corrected chi connectivity index (χ4v) is 2.21. The van der Waals surface area contributed by atoms with Gasteiger partial charge >= 0.3 is 0 Å². The zero-order chi connectivity index (χ0) is 15.8. The van der Waals surface area contributed by atoms with Gasteiger partial charge in [0.25, 0.3) is 0 Å². The molecule has 110 valence electrons. The number of hydrogen-bond donors (Lipinski definition) is 1. The molecule has 0 heterocycles. The van der Waals surface area contributed by atoms with Gasteiger partial charge in [-0.1, -0.05) is 79.4 Å². The van der Waals surface area contributed by atoms with Gasteiger partial charge in [0.05, 0.1) is 5.70 Å². The minimum atomic E-state index is 0.505. The van der Waals surface area contributed by atoms with Crippen molar-refractivity contribution in [1.82, 2.24) is 0 Å². The van der Waals surface area contributed by atoms with Crippen molar-refractivity contribution in [2.45, 2.75) is 13.3 Å². The second-order valence-corrected chi connectivity index (χ2v) is 5.02. The van der Waals surface area contributed by atoms with E-state index in [9.17, 15) is 0 Å². The first kappa shape index (κ1) is 15.6. The summed E-state index contributed by atoms with van der Waals surface area (Å²) in [6.45, 7) is 5.79. The van der Waals surface area contributed by atoms with Crippen molar-refractivity contribution in [1.29, 1.82) is 5.53 Å². The van der Waals surface area contributed by atoms with E-state index in [0.29, 0.717) is 5.70 Å². The smallest absolute Gasteiger partial charge is 0.0813 e. The molecule has 0 spiro atoms. The molecule has 0 bridgehead atoms. The third-order valence-electron chi connectivity index (χ3n) is 3.45. The number of rotatable bonds is 6. The maximum absolute atomic E-state index is 7.15. The van der Waals surface area contributed by atoms with Crippen LogP contribution in [0.3, 0.4) is 0 Å². The normalized spacial score (nSPS) is 11.6. The number of nitrogens with zero attached hydrogens (tertiary/aromatic N) is 1. The Hall–Kier alpha value is -2.74. The summed E-state index contributed by atoms with van der Waals surface area (Å²) in [5.74, 6) is 0. The van der Waals surface area contributed by atoms with Gasteiger partial charge in [-0.25, -0.2) is 5.53 Å². The number of hydrogen-bond acceptors (Lipinski definition) is 2. The molecule has 2 heteroatoms. The van der Waals surface area contributed by atoms with Crippen LogP contribution in [0.15, 0.2) is 95.8 Å². The van der Waals surface area contributed by atoms with Crippen LogP contribution in [0.1, 0.15) is 12.5 Å². The average molecular weight is 288 g/mol. The summed E-state index contributed by atoms with van der Waals surface area (Å²) >= 11 is 0. The summed E-state index contributed by atoms with van der Waals surface area (Å²) in [6.07, 6.45) is 6.59. The molecule has 0 aliphatic rings. The SMILES string of the molecule is C=C(N=N)/C(=C\C=C/C)Cc1ccc(-c2ccccc2)cc1. The van der Waals surface area contributed by atoms with Crippen LogP contribution in [0, 0.1) is 5.53 Å². The summed E-state index contributed by atoms with van der Waals surface area (Å²) in [4.78, 5) is 0. The Bertz CT molecular complexity index is 692. The maximum Gasteiger partial charge on any atom is 0.0813 e. The fourth-order valence-electron chi connectivity index (χ4n) is 2.21. The molecule has 0 aliphatic heterocycles. The van der Waals surface area contributed by atoms with Gasteiger partial charge in [-0.3, -0.25) is 0 Å². The zero-order valence-electron chi connectivity index (χ0n) is 12.8. The van der Waals surface area contributed by atoms with E-state index in [1.807, 2.05) is 43.4 Å². The van der Waals surface area contributed by atoms with E-state index in [1.54, 1.807) is 0 Å². The van der Waals surface area contributed by atoms with Gasteiger partial charge < -0.3 is 0 Å². The summed E-state index contributed by atoms with van der Waals surface area (Å²) in [6, 6.07) is 18.8. The van der Waals surface area contributed by atoms with E-state index >= 15 is 0 Å². The molecular weight excluding hydrogens is 268 g/mol. The van der Waals surface area contributed by atoms with Crippen LogP contribution >= 0.6 is 0 Å². The molecule has 0 saturated heterocycles. The second-order valence-electron chi connectivity index (χ2n) is 5.02. The topological polar surface area (TPSA) is 36.2 Å². The summed E-state index contributed by atoms with van der Waals surface area (Å²) in [5, 5.41) is 3.46. The molecule has 2 nitrogen and oxygen atoms in total. The van der Waals surface area contributed by atoms with Crippen LogP contribution in [0.25, 0.3) is 11.1 Å². The predicted octanol–water partition coefficient (Wildman–Crippen LogP) is 5.94. The monoisotopic (exact) mass is 288 g/mol. The molecule has 0 saturated carbocycles. The van der Waals surface area contributed by atoms with Crippen molar-refractivity contribution in [3.63, 3.8) is 0 Å². The van der Waals surface area contributed by atoms with Gasteiger partial charge in [-0.05, 0) is 35.6 Å². The van der Waals surface area contributed by atoms with Crippen molar-refractivity contribution in [2.24, 2.45) is 5.11 Å². The minimum absolute atomic E-state index is 0.505. The largest absolute Gasteiger partial charge is 0.204 e. The Labute approximate surface area is 132 Å². The minimum Gasteiger partial charge on any atom is -0.204 e.